The molecule has 4 rings (SSSR count). The summed E-state index contributed by atoms with van der Waals surface area (Å²) in [6, 6.07) is 0. The Balaban J connectivity index is 1.53. The minimum atomic E-state index is -0.131. The zero-order valence-electron chi connectivity index (χ0n) is 16.0. The van der Waals surface area contributed by atoms with Crippen molar-refractivity contribution in [2.45, 2.75) is 90.2 Å². The smallest absolute Gasteiger partial charge is 0.302 e. The van der Waals surface area contributed by atoms with Crippen LogP contribution >= 0.6 is 0 Å². The van der Waals surface area contributed by atoms with E-state index in [1.807, 2.05) is 0 Å². The molecule has 1 heterocycles. The van der Waals surface area contributed by atoms with Gasteiger partial charge in [0.25, 0.3) is 0 Å². The van der Waals surface area contributed by atoms with Gasteiger partial charge in [-0.25, -0.2) is 0 Å². The Kier molecular flexibility index (Phi) is 4.16. The van der Waals surface area contributed by atoms with Crippen LogP contribution in [0.15, 0.2) is 0 Å². The van der Waals surface area contributed by atoms with Gasteiger partial charge in [0.2, 0.25) is 5.91 Å². The van der Waals surface area contributed by atoms with Crippen LogP contribution in [0.25, 0.3) is 0 Å². The van der Waals surface area contributed by atoms with Crippen LogP contribution in [0.2, 0.25) is 0 Å². The number of amides is 1. The van der Waals surface area contributed by atoms with Crippen LogP contribution in [0, 0.1) is 29.1 Å². The fraction of sp³-hybridized carbons (Fsp3) is 0.905. The van der Waals surface area contributed by atoms with Gasteiger partial charge in [-0.15, -0.1) is 0 Å². The van der Waals surface area contributed by atoms with Gasteiger partial charge in [-0.05, 0) is 87.4 Å². The van der Waals surface area contributed by atoms with Gasteiger partial charge in [-0.1, -0.05) is 6.92 Å². The SMILES string of the molecule is CC(=O)O[C@H]1CC[C@@]2(C)[C@@H](CC[C@@H]3[C@@H]2CC[C@]2(C)NC(=O)CC[C@@H]32)C1. The maximum Gasteiger partial charge on any atom is 0.302 e. The average molecular weight is 347 g/mol. The second kappa shape index (κ2) is 5.99. The van der Waals surface area contributed by atoms with Crippen molar-refractivity contribution in [3.05, 3.63) is 0 Å². The topological polar surface area (TPSA) is 55.4 Å². The summed E-state index contributed by atoms with van der Waals surface area (Å²) < 4.78 is 5.55. The van der Waals surface area contributed by atoms with Crippen molar-refractivity contribution >= 4 is 11.9 Å². The van der Waals surface area contributed by atoms with Crippen LogP contribution in [-0.2, 0) is 14.3 Å². The zero-order chi connectivity index (χ0) is 17.8. The average Bonchev–Trinajstić information content (AvgIpc) is 2.53. The minimum Gasteiger partial charge on any atom is -0.463 e. The second-order valence-corrected chi connectivity index (χ2v) is 9.71. The predicted molar refractivity (Wildman–Crippen MR) is 95.7 cm³/mol. The molecule has 0 aromatic heterocycles. The Morgan fingerprint density at radius 1 is 1.08 bits per heavy atom. The second-order valence-electron chi connectivity index (χ2n) is 9.71. The number of esters is 1. The lowest BCUT2D eigenvalue weighted by Crippen LogP contribution is -2.63. The normalized spacial score (nSPS) is 49.2. The first-order chi connectivity index (χ1) is 11.8. The van der Waals surface area contributed by atoms with Crippen molar-refractivity contribution in [2.75, 3.05) is 0 Å². The van der Waals surface area contributed by atoms with Gasteiger partial charge < -0.3 is 10.1 Å². The predicted octanol–water partition coefficient (Wildman–Crippen LogP) is 3.83. The number of hydrogen-bond acceptors (Lipinski definition) is 3. The molecular formula is C21H33NO3. The van der Waals surface area contributed by atoms with Crippen molar-refractivity contribution in [1.29, 1.82) is 0 Å². The van der Waals surface area contributed by atoms with Crippen LogP contribution < -0.4 is 5.32 Å². The van der Waals surface area contributed by atoms with Gasteiger partial charge in [0.1, 0.15) is 6.10 Å². The van der Waals surface area contributed by atoms with Crippen molar-refractivity contribution in [1.82, 2.24) is 5.32 Å². The highest BCUT2D eigenvalue weighted by Crippen LogP contribution is 2.62. The first-order valence-electron chi connectivity index (χ1n) is 10.3. The van der Waals surface area contributed by atoms with E-state index < -0.39 is 0 Å². The molecule has 4 nitrogen and oxygen atoms in total. The van der Waals surface area contributed by atoms with E-state index in [9.17, 15) is 9.59 Å². The highest BCUT2D eigenvalue weighted by Gasteiger charge is 2.58. The molecule has 7 atom stereocenters. The summed E-state index contributed by atoms with van der Waals surface area (Å²) in [7, 11) is 0. The Hall–Kier alpha value is -1.06. The molecule has 4 heteroatoms. The van der Waals surface area contributed by atoms with Gasteiger partial charge in [0, 0.05) is 18.9 Å². The summed E-state index contributed by atoms with van der Waals surface area (Å²) in [6.07, 6.45) is 10.1. The highest BCUT2D eigenvalue weighted by molar-refractivity contribution is 5.77. The van der Waals surface area contributed by atoms with E-state index in [1.54, 1.807) is 0 Å². The molecule has 4 fully saturated rings. The number of fused-ring (bicyclic) bond motifs is 5. The molecule has 3 aliphatic carbocycles. The van der Waals surface area contributed by atoms with Gasteiger partial charge >= 0.3 is 5.97 Å². The number of carbonyl (C=O) groups is 2. The van der Waals surface area contributed by atoms with Gasteiger partial charge in [0.05, 0.1) is 0 Å². The number of carbonyl (C=O) groups excluding carboxylic acids is 2. The summed E-state index contributed by atoms with van der Waals surface area (Å²) in [5.41, 5.74) is 0.414. The van der Waals surface area contributed by atoms with E-state index in [0.29, 0.717) is 23.7 Å². The van der Waals surface area contributed by atoms with Crippen molar-refractivity contribution < 1.29 is 14.3 Å². The first kappa shape index (κ1) is 17.4. The maximum absolute atomic E-state index is 11.9. The van der Waals surface area contributed by atoms with Crippen LogP contribution in [-0.4, -0.2) is 23.5 Å². The number of nitrogens with one attached hydrogen (secondary N) is 1. The quantitative estimate of drug-likeness (QED) is 0.734. The Labute approximate surface area is 151 Å². The fourth-order valence-corrected chi connectivity index (χ4v) is 7.24. The summed E-state index contributed by atoms with van der Waals surface area (Å²) in [6.45, 7) is 6.34. The molecule has 4 aliphatic rings. The fourth-order valence-electron chi connectivity index (χ4n) is 7.24. The molecule has 0 aromatic rings. The third-order valence-electron chi connectivity index (χ3n) is 8.45. The molecule has 3 saturated carbocycles. The van der Waals surface area contributed by atoms with Crippen LogP contribution in [0.1, 0.15) is 78.6 Å². The maximum atomic E-state index is 11.9. The Morgan fingerprint density at radius 2 is 1.88 bits per heavy atom. The molecule has 0 radical (unpaired) electrons. The van der Waals surface area contributed by atoms with Gasteiger partial charge in [-0.2, -0.15) is 0 Å². The molecule has 25 heavy (non-hydrogen) atoms. The minimum absolute atomic E-state index is 0.0225. The van der Waals surface area contributed by atoms with E-state index in [1.165, 1.54) is 32.6 Å². The van der Waals surface area contributed by atoms with E-state index in [4.69, 9.17) is 4.74 Å². The molecule has 0 unspecified atom stereocenters. The zero-order valence-corrected chi connectivity index (χ0v) is 16.0. The van der Waals surface area contributed by atoms with E-state index in [2.05, 4.69) is 19.2 Å². The van der Waals surface area contributed by atoms with E-state index >= 15 is 0 Å². The van der Waals surface area contributed by atoms with E-state index in [0.717, 1.165) is 37.5 Å². The molecule has 0 bridgehead atoms. The lowest BCUT2D eigenvalue weighted by molar-refractivity contribution is -0.161. The first-order valence-corrected chi connectivity index (χ1v) is 10.3. The van der Waals surface area contributed by atoms with Gasteiger partial charge in [0.15, 0.2) is 0 Å². The third-order valence-corrected chi connectivity index (χ3v) is 8.45. The molecule has 0 aromatic carbocycles. The monoisotopic (exact) mass is 347 g/mol. The van der Waals surface area contributed by atoms with E-state index in [-0.39, 0.29) is 23.5 Å². The number of ether oxygens (including phenoxy) is 1. The summed E-state index contributed by atoms with van der Waals surface area (Å²) in [4.78, 5) is 23.3. The van der Waals surface area contributed by atoms with Gasteiger partial charge in [-0.3, -0.25) is 9.59 Å². The summed E-state index contributed by atoms with van der Waals surface area (Å²) >= 11 is 0. The summed E-state index contributed by atoms with van der Waals surface area (Å²) in [5, 5.41) is 3.34. The summed E-state index contributed by atoms with van der Waals surface area (Å²) in [5.74, 6) is 2.98. The van der Waals surface area contributed by atoms with Crippen LogP contribution in [0.4, 0.5) is 0 Å². The molecule has 1 saturated heterocycles. The Morgan fingerprint density at radius 3 is 2.64 bits per heavy atom. The van der Waals surface area contributed by atoms with Crippen molar-refractivity contribution in [3.63, 3.8) is 0 Å². The number of hydrogen-bond donors (Lipinski definition) is 1. The lowest BCUT2D eigenvalue weighted by atomic mass is 9.45. The lowest BCUT2D eigenvalue weighted by Gasteiger charge is -2.62. The van der Waals surface area contributed by atoms with Crippen molar-refractivity contribution in [3.8, 4) is 0 Å². The highest BCUT2D eigenvalue weighted by atomic mass is 16.5. The molecule has 140 valence electrons. The number of rotatable bonds is 1. The molecule has 1 amide bonds. The van der Waals surface area contributed by atoms with Crippen LogP contribution in [0.3, 0.4) is 0 Å². The van der Waals surface area contributed by atoms with Crippen molar-refractivity contribution in [2.24, 2.45) is 29.1 Å². The molecule has 0 spiro atoms. The Bertz CT molecular complexity index is 575. The van der Waals surface area contributed by atoms with Crippen LogP contribution in [0.5, 0.6) is 0 Å². The largest absolute Gasteiger partial charge is 0.463 e. The molecule has 1 aliphatic heterocycles. The molecule has 1 N–H and O–H groups in total. The standard InChI is InChI=1S/C21H33NO3/c1-13(23)25-15-8-10-20(2)14(12-15)4-5-16-17(20)9-11-21(3)18(16)6-7-19(24)22-21/h14-18H,4-12H2,1-3H3,(H,22,24)/t14-,15-,16+,17-,18-,20-,21-/m0/s1. The molecular weight excluding hydrogens is 314 g/mol. The number of piperidine rings is 1. The third kappa shape index (κ3) is 2.80.